The number of para-hydroxylation sites is 2. The van der Waals surface area contributed by atoms with Gasteiger partial charge in [-0.05, 0) is 35.4 Å². The van der Waals surface area contributed by atoms with Gasteiger partial charge in [-0.25, -0.2) is 9.97 Å². The Bertz CT molecular complexity index is 1190. The molecule has 0 fully saturated rings. The van der Waals surface area contributed by atoms with Crippen molar-refractivity contribution in [1.82, 2.24) is 9.97 Å². The van der Waals surface area contributed by atoms with Gasteiger partial charge in [0.15, 0.2) is 11.6 Å². The first-order valence-electron chi connectivity index (χ1n) is 9.66. The van der Waals surface area contributed by atoms with Crippen molar-refractivity contribution < 1.29 is 4.79 Å². The van der Waals surface area contributed by atoms with Crippen LogP contribution in [-0.2, 0) is 0 Å². The standard InChI is InChI=1S/C24H20N4O/c1-27-15-16-28(23-22(27)25-20-9-5-6-10-21(20)26-23)24(29)19-13-11-18(12-14-19)17-7-3-2-4-8-17/h2-14H,15-16H2,1H3. The molecule has 142 valence electrons. The van der Waals surface area contributed by atoms with Crippen molar-refractivity contribution in [3.8, 4) is 11.1 Å². The van der Waals surface area contributed by atoms with Crippen LogP contribution < -0.4 is 9.80 Å². The first-order chi connectivity index (χ1) is 14.2. The number of aromatic nitrogens is 2. The summed E-state index contributed by atoms with van der Waals surface area (Å²) in [6.07, 6.45) is 0. The molecule has 1 aliphatic rings. The largest absolute Gasteiger partial charge is 0.355 e. The Morgan fingerprint density at radius 3 is 2.00 bits per heavy atom. The lowest BCUT2D eigenvalue weighted by atomic mass is 10.0. The molecule has 0 spiro atoms. The van der Waals surface area contributed by atoms with Crippen molar-refractivity contribution in [3.63, 3.8) is 0 Å². The zero-order chi connectivity index (χ0) is 19.8. The van der Waals surface area contributed by atoms with E-state index >= 15 is 0 Å². The fourth-order valence-corrected chi connectivity index (χ4v) is 3.67. The van der Waals surface area contributed by atoms with E-state index in [1.165, 1.54) is 0 Å². The molecule has 0 bridgehead atoms. The monoisotopic (exact) mass is 380 g/mol. The molecule has 1 amide bonds. The molecule has 5 nitrogen and oxygen atoms in total. The number of amides is 1. The highest BCUT2D eigenvalue weighted by atomic mass is 16.2. The Labute approximate surface area is 169 Å². The van der Waals surface area contributed by atoms with E-state index in [9.17, 15) is 4.79 Å². The maximum atomic E-state index is 13.3. The van der Waals surface area contributed by atoms with Crippen LogP contribution in [0.2, 0.25) is 0 Å². The van der Waals surface area contributed by atoms with Gasteiger partial charge in [-0.2, -0.15) is 0 Å². The molecular formula is C24H20N4O. The van der Waals surface area contributed by atoms with Crippen LogP contribution in [0, 0.1) is 0 Å². The van der Waals surface area contributed by atoms with Gasteiger partial charge in [-0.15, -0.1) is 0 Å². The lowest BCUT2D eigenvalue weighted by molar-refractivity contribution is 0.0986. The first kappa shape index (κ1) is 17.4. The number of carbonyl (C=O) groups excluding carboxylic acids is 1. The number of benzene rings is 3. The van der Waals surface area contributed by atoms with E-state index in [1.807, 2.05) is 73.8 Å². The lowest BCUT2D eigenvalue weighted by Gasteiger charge is -2.33. The molecule has 5 heteroatoms. The van der Waals surface area contributed by atoms with E-state index in [0.29, 0.717) is 24.5 Å². The van der Waals surface area contributed by atoms with E-state index in [2.05, 4.69) is 17.0 Å². The Balaban J connectivity index is 1.51. The number of carbonyl (C=O) groups is 1. The van der Waals surface area contributed by atoms with E-state index in [-0.39, 0.29) is 5.91 Å². The van der Waals surface area contributed by atoms with Crippen molar-refractivity contribution in [3.05, 3.63) is 84.4 Å². The van der Waals surface area contributed by atoms with Gasteiger partial charge in [0.05, 0.1) is 11.0 Å². The zero-order valence-corrected chi connectivity index (χ0v) is 16.1. The van der Waals surface area contributed by atoms with Crippen LogP contribution in [0.15, 0.2) is 78.9 Å². The summed E-state index contributed by atoms with van der Waals surface area (Å²) in [6.45, 7) is 1.30. The molecule has 0 saturated carbocycles. The number of likely N-dealkylation sites (N-methyl/N-ethyl adjacent to an activating group) is 1. The molecule has 0 radical (unpaired) electrons. The zero-order valence-electron chi connectivity index (χ0n) is 16.1. The number of fused-ring (bicyclic) bond motifs is 2. The second kappa shape index (κ2) is 7.02. The van der Waals surface area contributed by atoms with Gasteiger partial charge in [-0.1, -0.05) is 54.6 Å². The van der Waals surface area contributed by atoms with Gasteiger partial charge in [0.2, 0.25) is 0 Å². The van der Waals surface area contributed by atoms with Crippen molar-refractivity contribution >= 4 is 28.6 Å². The van der Waals surface area contributed by atoms with Crippen molar-refractivity contribution in [2.75, 3.05) is 29.9 Å². The van der Waals surface area contributed by atoms with E-state index in [1.54, 1.807) is 4.90 Å². The summed E-state index contributed by atoms with van der Waals surface area (Å²) in [5, 5.41) is 0. The van der Waals surface area contributed by atoms with E-state index in [4.69, 9.17) is 9.97 Å². The molecule has 2 heterocycles. The number of hydrogen-bond donors (Lipinski definition) is 0. The smallest absolute Gasteiger partial charge is 0.259 e. The SMILES string of the molecule is CN1CCN(C(=O)c2ccc(-c3ccccc3)cc2)c2nc3ccccc3nc21. The van der Waals surface area contributed by atoms with Crippen LogP contribution in [0.5, 0.6) is 0 Å². The maximum absolute atomic E-state index is 13.3. The van der Waals surface area contributed by atoms with Gasteiger partial charge in [-0.3, -0.25) is 9.69 Å². The van der Waals surface area contributed by atoms with Gasteiger partial charge < -0.3 is 4.90 Å². The maximum Gasteiger partial charge on any atom is 0.259 e. The number of nitrogens with zero attached hydrogens (tertiary/aromatic N) is 4. The summed E-state index contributed by atoms with van der Waals surface area (Å²) in [5.74, 6) is 1.31. The van der Waals surface area contributed by atoms with Crippen LogP contribution in [0.1, 0.15) is 10.4 Å². The van der Waals surface area contributed by atoms with Crippen LogP contribution in [0.25, 0.3) is 22.2 Å². The highest BCUT2D eigenvalue weighted by Gasteiger charge is 2.29. The topological polar surface area (TPSA) is 49.3 Å². The van der Waals surface area contributed by atoms with Crippen LogP contribution >= 0.6 is 0 Å². The summed E-state index contributed by atoms with van der Waals surface area (Å²) in [6, 6.07) is 25.7. The second-order valence-electron chi connectivity index (χ2n) is 7.18. The second-order valence-corrected chi connectivity index (χ2v) is 7.18. The molecule has 0 atom stereocenters. The van der Waals surface area contributed by atoms with Gasteiger partial charge in [0.25, 0.3) is 5.91 Å². The molecule has 1 aliphatic heterocycles. The predicted octanol–water partition coefficient (Wildman–Crippen LogP) is 4.39. The Hall–Kier alpha value is -3.73. The first-order valence-corrected chi connectivity index (χ1v) is 9.66. The summed E-state index contributed by atoms with van der Waals surface area (Å²) in [7, 11) is 1.98. The highest BCUT2D eigenvalue weighted by molar-refractivity contribution is 6.08. The summed E-state index contributed by atoms with van der Waals surface area (Å²) < 4.78 is 0. The van der Waals surface area contributed by atoms with Crippen molar-refractivity contribution in [2.45, 2.75) is 0 Å². The fraction of sp³-hybridized carbons (Fsp3) is 0.125. The molecule has 0 saturated heterocycles. The lowest BCUT2D eigenvalue weighted by Crippen LogP contribution is -2.43. The number of hydrogen-bond acceptors (Lipinski definition) is 4. The number of anilines is 2. The normalized spacial score (nSPS) is 13.4. The highest BCUT2D eigenvalue weighted by Crippen LogP contribution is 2.31. The average Bonchev–Trinajstić information content (AvgIpc) is 2.79. The third-order valence-corrected chi connectivity index (χ3v) is 5.29. The minimum Gasteiger partial charge on any atom is -0.355 e. The summed E-state index contributed by atoms with van der Waals surface area (Å²) in [4.78, 5) is 26.6. The molecule has 1 aromatic heterocycles. The third-order valence-electron chi connectivity index (χ3n) is 5.29. The quantitative estimate of drug-likeness (QED) is 0.517. The van der Waals surface area contributed by atoms with E-state index in [0.717, 1.165) is 28.0 Å². The van der Waals surface area contributed by atoms with Crippen LogP contribution in [0.4, 0.5) is 11.6 Å². The predicted molar refractivity (Wildman–Crippen MR) is 116 cm³/mol. The van der Waals surface area contributed by atoms with Crippen molar-refractivity contribution in [2.24, 2.45) is 0 Å². The molecule has 4 aromatic rings. The molecule has 29 heavy (non-hydrogen) atoms. The molecule has 5 rings (SSSR count). The van der Waals surface area contributed by atoms with Crippen molar-refractivity contribution in [1.29, 1.82) is 0 Å². The van der Waals surface area contributed by atoms with Gasteiger partial charge >= 0.3 is 0 Å². The molecular weight excluding hydrogens is 360 g/mol. The van der Waals surface area contributed by atoms with Crippen LogP contribution in [0.3, 0.4) is 0 Å². The minimum absolute atomic E-state index is 0.0523. The summed E-state index contributed by atoms with van der Waals surface area (Å²) in [5.41, 5.74) is 4.49. The molecule has 0 N–H and O–H groups in total. The Morgan fingerprint density at radius 2 is 1.31 bits per heavy atom. The number of rotatable bonds is 2. The van der Waals surface area contributed by atoms with Gasteiger partial charge in [0, 0.05) is 25.7 Å². The van der Waals surface area contributed by atoms with E-state index < -0.39 is 0 Å². The molecule has 0 aliphatic carbocycles. The summed E-state index contributed by atoms with van der Waals surface area (Å²) >= 11 is 0. The molecule has 0 unspecified atom stereocenters. The van der Waals surface area contributed by atoms with Gasteiger partial charge in [0.1, 0.15) is 0 Å². The fourth-order valence-electron chi connectivity index (χ4n) is 3.67. The third kappa shape index (κ3) is 3.10. The Morgan fingerprint density at radius 1 is 0.724 bits per heavy atom. The Kier molecular flexibility index (Phi) is 4.21. The minimum atomic E-state index is -0.0523. The molecule has 3 aromatic carbocycles. The van der Waals surface area contributed by atoms with Crippen LogP contribution in [-0.4, -0.2) is 36.0 Å². The average molecular weight is 380 g/mol.